The number of carbonyl (C=O) groups excluding carboxylic acids is 1. The second kappa shape index (κ2) is 9.91. The van der Waals surface area contributed by atoms with Crippen molar-refractivity contribution >= 4 is 38.3 Å². The van der Waals surface area contributed by atoms with E-state index in [9.17, 15) is 4.79 Å². The fourth-order valence-corrected chi connectivity index (χ4v) is 3.36. The Hall–Kier alpha value is -1.10. The number of hydrogen-bond acceptors (Lipinski definition) is 3. The Kier molecular flexibility index (Phi) is 8.59. The van der Waals surface area contributed by atoms with Crippen LogP contribution in [0.1, 0.15) is 21.5 Å². The summed E-state index contributed by atoms with van der Waals surface area (Å²) in [6.07, 6.45) is 0. The van der Waals surface area contributed by atoms with E-state index in [0.717, 1.165) is 27.7 Å². The minimum atomic E-state index is 0. The van der Waals surface area contributed by atoms with E-state index in [1.54, 1.807) is 7.11 Å². The molecule has 0 saturated heterocycles. The number of benzene rings is 2. The Morgan fingerprint density at radius 2 is 1.61 bits per heavy atom. The second-order valence-corrected chi connectivity index (χ2v) is 6.37. The molecule has 0 saturated carbocycles. The normalized spacial score (nSPS) is 10.6. The molecule has 0 heterocycles. The van der Waals surface area contributed by atoms with Gasteiger partial charge in [0, 0.05) is 31.5 Å². The molecule has 2 aromatic rings. The summed E-state index contributed by atoms with van der Waals surface area (Å²) in [5.74, 6) is 0.796. The number of hydrogen-bond donors (Lipinski definition) is 0. The van der Waals surface area contributed by atoms with Crippen LogP contribution < -0.4 is 10.0 Å². The van der Waals surface area contributed by atoms with Crippen LogP contribution in [0.5, 0.6) is 5.75 Å². The molecule has 1 unspecified atom stereocenters. The molecule has 0 bridgehead atoms. The topological polar surface area (TPSA) is 35.5 Å². The molecule has 0 amide bonds. The number of aryl methyl sites for hydroxylation is 2. The molecule has 0 N–H and O–H groups in total. The standard InChI is InChI=1S/C18H21O3P.Li/c1-13-5-4-6-14(2)17(13)18(19)22-16-9-7-15(8-10-16)21-12-11-20-3;/h4-10,22H,11-12H2,1-3H3;. The zero-order valence-electron chi connectivity index (χ0n) is 14.2. The van der Waals surface area contributed by atoms with Crippen molar-refractivity contribution in [3.8, 4) is 5.75 Å². The van der Waals surface area contributed by atoms with Crippen LogP contribution in [0.15, 0.2) is 42.5 Å². The molecule has 0 spiro atoms. The van der Waals surface area contributed by atoms with Crippen LogP contribution in [0, 0.1) is 13.8 Å². The van der Waals surface area contributed by atoms with Gasteiger partial charge in [-0.25, -0.2) is 0 Å². The van der Waals surface area contributed by atoms with Crippen molar-refractivity contribution in [1.82, 2.24) is 0 Å². The summed E-state index contributed by atoms with van der Waals surface area (Å²) in [7, 11) is 1.77. The zero-order chi connectivity index (χ0) is 15.9. The minimum Gasteiger partial charge on any atom is -0.491 e. The molecular weight excluding hydrogens is 302 g/mol. The number of rotatable bonds is 7. The average molecular weight is 323 g/mol. The molecule has 0 aliphatic heterocycles. The van der Waals surface area contributed by atoms with Crippen LogP contribution in [0.2, 0.25) is 0 Å². The zero-order valence-corrected chi connectivity index (χ0v) is 15.2. The third-order valence-corrected chi connectivity index (χ3v) is 4.48. The van der Waals surface area contributed by atoms with E-state index in [2.05, 4.69) is 0 Å². The predicted molar refractivity (Wildman–Crippen MR) is 97.8 cm³/mol. The number of ether oxygens (including phenoxy) is 2. The summed E-state index contributed by atoms with van der Waals surface area (Å²) in [6.45, 7) is 5.06. The van der Waals surface area contributed by atoms with Crippen LogP contribution in [-0.4, -0.2) is 44.7 Å². The summed E-state index contributed by atoms with van der Waals surface area (Å²) in [5.41, 5.74) is 3.11. The third kappa shape index (κ3) is 5.79. The van der Waals surface area contributed by atoms with Crippen molar-refractivity contribution in [2.24, 2.45) is 0 Å². The van der Waals surface area contributed by atoms with Gasteiger partial charge in [-0.15, -0.1) is 0 Å². The summed E-state index contributed by atoms with van der Waals surface area (Å²) in [6, 6.07) is 13.6. The molecule has 0 aliphatic rings. The van der Waals surface area contributed by atoms with Gasteiger partial charge in [0.25, 0.3) is 0 Å². The molecule has 3 nitrogen and oxygen atoms in total. The fourth-order valence-electron chi connectivity index (χ4n) is 2.24. The fraction of sp³-hybridized carbons (Fsp3) is 0.278. The molecule has 0 aliphatic carbocycles. The molecule has 0 aromatic heterocycles. The minimum absolute atomic E-state index is 0. The van der Waals surface area contributed by atoms with E-state index in [1.165, 1.54) is 0 Å². The number of carbonyl (C=O) groups is 1. The van der Waals surface area contributed by atoms with Gasteiger partial charge in [0.2, 0.25) is 0 Å². The SMILES string of the molecule is COCCOc1ccc(PC(=O)c2c(C)cccc2C)cc1.[Li]. The van der Waals surface area contributed by atoms with Gasteiger partial charge in [-0.1, -0.05) is 30.3 Å². The van der Waals surface area contributed by atoms with Crippen LogP contribution in [-0.2, 0) is 4.74 Å². The molecule has 2 aromatic carbocycles. The molecule has 23 heavy (non-hydrogen) atoms. The van der Waals surface area contributed by atoms with Crippen LogP contribution >= 0.6 is 8.58 Å². The monoisotopic (exact) mass is 323 g/mol. The van der Waals surface area contributed by atoms with E-state index in [1.807, 2.05) is 56.3 Å². The molecule has 117 valence electrons. The molecule has 1 radical (unpaired) electrons. The maximum Gasteiger partial charge on any atom is 0.186 e. The number of methoxy groups -OCH3 is 1. The molecule has 5 heteroatoms. The van der Waals surface area contributed by atoms with Crippen LogP contribution in [0.25, 0.3) is 0 Å². The van der Waals surface area contributed by atoms with E-state index in [-0.39, 0.29) is 33.0 Å². The molecule has 0 fully saturated rings. The molecular formula is C18H21LiO3P. The maximum absolute atomic E-state index is 12.5. The first kappa shape index (κ1) is 19.9. The van der Waals surface area contributed by atoms with Crippen molar-refractivity contribution < 1.29 is 14.3 Å². The Morgan fingerprint density at radius 1 is 1.00 bits per heavy atom. The van der Waals surface area contributed by atoms with Gasteiger partial charge >= 0.3 is 0 Å². The Morgan fingerprint density at radius 3 is 2.17 bits per heavy atom. The van der Waals surface area contributed by atoms with E-state index < -0.39 is 0 Å². The predicted octanol–water partition coefficient (Wildman–Crippen LogP) is 3.09. The molecule has 2 rings (SSSR count). The van der Waals surface area contributed by atoms with Gasteiger partial charge in [-0.2, -0.15) is 0 Å². The largest absolute Gasteiger partial charge is 0.491 e. The van der Waals surface area contributed by atoms with Crippen LogP contribution in [0.4, 0.5) is 0 Å². The van der Waals surface area contributed by atoms with Crippen molar-refractivity contribution in [1.29, 1.82) is 0 Å². The van der Waals surface area contributed by atoms with Crippen LogP contribution in [0.3, 0.4) is 0 Å². The summed E-state index contributed by atoms with van der Waals surface area (Å²) in [4.78, 5) is 12.5. The Balaban J connectivity index is 0.00000264. The first-order valence-electron chi connectivity index (χ1n) is 7.21. The van der Waals surface area contributed by atoms with Crippen molar-refractivity contribution in [3.05, 3.63) is 59.2 Å². The van der Waals surface area contributed by atoms with E-state index in [4.69, 9.17) is 9.47 Å². The van der Waals surface area contributed by atoms with E-state index >= 15 is 0 Å². The Bertz CT molecular complexity index is 621. The van der Waals surface area contributed by atoms with Crippen molar-refractivity contribution in [2.45, 2.75) is 13.8 Å². The van der Waals surface area contributed by atoms with Gasteiger partial charge in [-0.3, -0.25) is 4.79 Å². The van der Waals surface area contributed by atoms with E-state index in [0.29, 0.717) is 13.2 Å². The van der Waals surface area contributed by atoms with Gasteiger partial charge < -0.3 is 9.47 Å². The average Bonchev–Trinajstić information content (AvgIpc) is 2.49. The smallest absolute Gasteiger partial charge is 0.186 e. The van der Waals surface area contributed by atoms with Gasteiger partial charge in [-0.05, 0) is 51.0 Å². The first-order chi connectivity index (χ1) is 10.6. The first-order valence-corrected chi connectivity index (χ1v) is 8.21. The Labute approximate surface area is 151 Å². The van der Waals surface area contributed by atoms with Gasteiger partial charge in [0.15, 0.2) is 5.52 Å². The summed E-state index contributed by atoms with van der Waals surface area (Å²) < 4.78 is 10.5. The second-order valence-electron chi connectivity index (χ2n) is 5.09. The van der Waals surface area contributed by atoms with Gasteiger partial charge in [0.1, 0.15) is 12.4 Å². The quantitative estimate of drug-likeness (QED) is 0.446. The van der Waals surface area contributed by atoms with Crippen molar-refractivity contribution in [2.75, 3.05) is 20.3 Å². The van der Waals surface area contributed by atoms with Gasteiger partial charge in [0.05, 0.1) is 6.61 Å². The third-order valence-electron chi connectivity index (χ3n) is 3.38. The summed E-state index contributed by atoms with van der Waals surface area (Å²) >= 11 is 0. The molecule has 1 atom stereocenters. The maximum atomic E-state index is 12.5. The summed E-state index contributed by atoms with van der Waals surface area (Å²) in [5, 5.41) is 1.02. The van der Waals surface area contributed by atoms with Crippen molar-refractivity contribution in [3.63, 3.8) is 0 Å².